The van der Waals surface area contributed by atoms with Gasteiger partial charge in [-0.3, -0.25) is 15.0 Å². The van der Waals surface area contributed by atoms with Crippen molar-refractivity contribution in [2.75, 3.05) is 13.1 Å². The molecular weight excluding hydrogens is 314 g/mol. The Kier molecular flexibility index (Phi) is 4.74. The predicted molar refractivity (Wildman–Crippen MR) is 95.8 cm³/mol. The van der Waals surface area contributed by atoms with Crippen molar-refractivity contribution in [1.29, 1.82) is 0 Å². The minimum atomic E-state index is -0.844. The zero-order valence-electron chi connectivity index (χ0n) is 14.4. The zero-order chi connectivity index (χ0) is 17.1. The maximum absolute atomic E-state index is 11.2. The van der Waals surface area contributed by atoms with E-state index in [0.717, 1.165) is 55.7 Å². The van der Waals surface area contributed by atoms with Crippen molar-refractivity contribution >= 4 is 0 Å². The van der Waals surface area contributed by atoms with E-state index in [1.54, 1.807) is 24.8 Å². The second-order valence-corrected chi connectivity index (χ2v) is 7.20. The Morgan fingerprint density at radius 2 is 2.08 bits per heavy atom. The highest BCUT2D eigenvalue weighted by Gasteiger charge is 2.37. The SMILES string of the molecule is OC1(c2ccc(-c3cnccn3)cn2)CCCC(N[C@H]2CCNC2)C1. The van der Waals surface area contributed by atoms with Gasteiger partial charge >= 0.3 is 0 Å². The van der Waals surface area contributed by atoms with Gasteiger partial charge in [-0.2, -0.15) is 0 Å². The van der Waals surface area contributed by atoms with Crippen LogP contribution in [0.25, 0.3) is 11.3 Å². The molecule has 3 heterocycles. The number of pyridine rings is 1. The molecule has 2 aliphatic rings. The summed E-state index contributed by atoms with van der Waals surface area (Å²) >= 11 is 0. The van der Waals surface area contributed by atoms with Crippen LogP contribution in [0.5, 0.6) is 0 Å². The van der Waals surface area contributed by atoms with Crippen LogP contribution in [0, 0.1) is 0 Å². The van der Waals surface area contributed by atoms with Crippen molar-refractivity contribution in [3.05, 3.63) is 42.6 Å². The van der Waals surface area contributed by atoms with Crippen LogP contribution in [0.4, 0.5) is 0 Å². The fourth-order valence-electron chi connectivity index (χ4n) is 4.03. The summed E-state index contributed by atoms with van der Waals surface area (Å²) in [4.78, 5) is 12.9. The first-order valence-corrected chi connectivity index (χ1v) is 9.15. The van der Waals surface area contributed by atoms with Gasteiger partial charge < -0.3 is 15.7 Å². The summed E-state index contributed by atoms with van der Waals surface area (Å²) in [6, 6.07) is 4.79. The highest BCUT2D eigenvalue weighted by atomic mass is 16.3. The number of hydrogen-bond acceptors (Lipinski definition) is 6. The average Bonchev–Trinajstić information content (AvgIpc) is 3.16. The van der Waals surface area contributed by atoms with Gasteiger partial charge in [-0.25, -0.2) is 0 Å². The van der Waals surface area contributed by atoms with Gasteiger partial charge in [0.1, 0.15) is 5.60 Å². The molecule has 0 spiro atoms. The number of hydrogen-bond donors (Lipinski definition) is 3. The average molecular weight is 339 g/mol. The normalized spacial score (nSPS) is 29.6. The molecule has 2 aromatic heterocycles. The lowest BCUT2D eigenvalue weighted by molar-refractivity contribution is -0.0172. The summed E-state index contributed by atoms with van der Waals surface area (Å²) in [7, 11) is 0. The molecule has 1 aliphatic carbocycles. The van der Waals surface area contributed by atoms with Gasteiger partial charge in [-0.15, -0.1) is 0 Å². The van der Waals surface area contributed by atoms with Gasteiger partial charge in [-0.05, 0) is 50.8 Å². The molecule has 1 aliphatic heterocycles. The van der Waals surface area contributed by atoms with Gasteiger partial charge in [0.05, 0.1) is 17.6 Å². The largest absolute Gasteiger partial charge is 0.383 e. The van der Waals surface area contributed by atoms with Crippen molar-refractivity contribution in [3.63, 3.8) is 0 Å². The molecule has 6 nitrogen and oxygen atoms in total. The fourth-order valence-corrected chi connectivity index (χ4v) is 4.03. The minimum Gasteiger partial charge on any atom is -0.383 e. The van der Waals surface area contributed by atoms with E-state index in [-0.39, 0.29) is 0 Å². The Labute approximate surface area is 148 Å². The third kappa shape index (κ3) is 3.71. The first-order chi connectivity index (χ1) is 12.2. The van der Waals surface area contributed by atoms with E-state index in [9.17, 15) is 5.11 Å². The van der Waals surface area contributed by atoms with Crippen molar-refractivity contribution in [2.24, 2.45) is 0 Å². The highest BCUT2D eigenvalue weighted by molar-refractivity contribution is 5.56. The predicted octanol–water partition coefficient (Wildman–Crippen LogP) is 1.62. The van der Waals surface area contributed by atoms with Crippen molar-refractivity contribution < 1.29 is 5.11 Å². The third-order valence-corrected chi connectivity index (χ3v) is 5.36. The Morgan fingerprint density at radius 1 is 1.12 bits per heavy atom. The monoisotopic (exact) mass is 339 g/mol. The van der Waals surface area contributed by atoms with Crippen LogP contribution >= 0.6 is 0 Å². The highest BCUT2D eigenvalue weighted by Crippen LogP contribution is 2.36. The van der Waals surface area contributed by atoms with Crippen LogP contribution in [0.1, 0.15) is 37.8 Å². The number of rotatable bonds is 4. The van der Waals surface area contributed by atoms with Crippen LogP contribution < -0.4 is 10.6 Å². The van der Waals surface area contributed by atoms with E-state index in [0.29, 0.717) is 12.1 Å². The van der Waals surface area contributed by atoms with E-state index in [1.807, 2.05) is 12.1 Å². The Hall–Kier alpha value is -1.89. The second kappa shape index (κ2) is 7.15. The summed E-state index contributed by atoms with van der Waals surface area (Å²) in [6.45, 7) is 2.11. The lowest BCUT2D eigenvalue weighted by atomic mass is 9.79. The van der Waals surface area contributed by atoms with Crippen LogP contribution in [0.15, 0.2) is 36.9 Å². The van der Waals surface area contributed by atoms with E-state index in [4.69, 9.17) is 0 Å². The third-order valence-electron chi connectivity index (χ3n) is 5.36. The molecule has 0 radical (unpaired) electrons. The van der Waals surface area contributed by atoms with Crippen LogP contribution in [0.2, 0.25) is 0 Å². The van der Waals surface area contributed by atoms with Crippen LogP contribution in [-0.4, -0.2) is 45.2 Å². The topological polar surface area (TPSA) is 83.0 Å². The van der Waals surface area contributed by atoms with Crippen molar-refractivity contribution in [3.8, 4) is 11.3 Å². The van der Waals surface area contributed by atoms with Gasteiger partial charge in [0, 0.05) is 42.8 Å². The summed E-state index contributed by atoms with van der Waals surface area (Å²) in [5.74, 6) is 0. The molecule has 2 fully saturated rings. The van der Waals surface area contributed by atoms with E-state index >= 15 is 0 Å². The lowest BCUT2D eigenvalue weighted by Crippen LogP contribution is -2.46. The quantitative estimate of drug-likeness (QED) is 0.785. The Bertz CT molecular complexity index is 687. The molecule has 0 aromatic carbocycles. The molecule has 132 valence electrons. The molecule has 3 N–H and O–H groups in total. The summed E-state index contributed by atoms with van der Waals surface area (Å²) in [6.07, 6.45) is 11.6. The molecule has 1 saturated heterocycles. The Morgan fingerprint density at radius 3 is 2.80 bits per heavy atom. The molecule has 25 heavy (non-hydrogen) atoms. The first-order valence-electron chi connectivity index (χ1n) is 9.15. The molecule has 0 bridgehead atoms. The minimum absolute atomic E-state index is 0.352. The molecule has 4 rings (SSSR count). The fraction of sp³-hybridized carbons (Fsp3) is 0.526. The van der Waals surface area contributed by atoms with Gasteiger partial charge in [0.25, 0.3) is 0 Å². The first kappa shape index (κ1) is 16.6. The van der Waals surface area contributed by atoms with Gasteiger partial charge in [-0.1, -0.05) is 0 Å². The molecular formula is C19H25N5O. The summed E-state index contributed by atoms with van der Waals surface area (Å²) in [5, 5.41) is 18.3. The van der Waals surface area contributed by atoms with Crippen LogP contribution in [-0.2, 0) is 5.60 Å². The maximum Gasteiger partial charge on any atom is 0.108 e. The maximum atomic E-state index is 11.2. The van der Waals surface area contributed by atoms with Gasteiger partial charge in [0.15, 0.2) is 0 Å². The van der Waals surface area contributed by atoms with E-state index < -0.39 is 5.60 Å². The van der Waals surface area contributed by atoms with Gasteiger partial charge in [0.2, 0.25) is 0 Å². The molecule has 1 saturated carbocycles. The smallest absolute Gasteiger partial charge is 0.108 e. The summed E-state index contributed by atoms with van der Waals surface area (Å²) in [5.41, 5.74) is 1.63. The van der Waals surface area contributed by atoms with Crippen molar-refractivity contribution in [2.45, 2.75) is 49.8 Å². The molecule has 2 unspecified atom stereocenters. The Balaban J connectivity index is 1.47. The molecule has 3 atom stereocenters. The summed E-state index contributed by atoms with van der Waals surface area (Å²) < 4.78 is 0. The number of aliphatic hydroxyl groups is 1. The van der Waals surface area contributed by atoms with E-state index in [1.165, 1.54) is 6.42 Å². The zero-order valence-corrected chi connectivity index (χ0v) is 14.4. The number of nitrogens with one attached hydrogen (secondary N) is 2. The number of aromatic nitrogens is 3. The van der Waals surface area contributed by atoms with Crippen LogP contribution in [0.3, 0.4) is 0 Å². The second-order valence-electron chi connectivity index (χ2n) is 7.20. The standard InChI is InChI=1S/C19H25N5O/c25-19(6-1-2-15(10-19)24-16-5-7-20-12-16)18-4-3-14(11-23-18)17-13-21-8-9-22-17/h3-4,8-9,11,13,15-16,20,24-25H,1-2,5-7,10,12H2/t15?,16-,19?/m0/s1. The number of nitrogens with zero attached hydrogens (tertiary/aromatic N) is 3. The van der Waals surface area contributed by atoms with E-state index in [2.05, 4.69) is 25.6 Å². The molecule has 2 aromatic rings. The lowest BCUT2D eigenvalue weighted by Gasteiger charge is -2.38. The molecule has 0 amide bonds. The molecule has 6 heteroatoms. The van der Waals surface area contributed by atoms with Crippen molar-refractivity contribution in [1.82, 2.24) is 25.6 Å².